The Bertz CT molecular complexity index is 1540. The van der Waals surface area contributed by atoms with E-state index in [4.69, 9.17) is 9.15 Å². The highest BCUT2D eigenvalue weighted by Crippen LogP contribution is 2.45. The van der Waals surface area contributed by atoms with Crippen molar-refractivity contribution in [1.29, 1.82) is 0 Å². The van der Waals surface area contributed by atoms with E-state index in [-0.39, 0.29) is 53.0 Å². The van der Waals surface area contributed by atoms with Gasteiger partial charge in [0.25, 0.3) is 17.7 Å². The van der Waals surface area contributed by atoms with Crippen LogP contribution in [0.15, 0.2) is 41.4 Å². The summed E-state index contributed by atoms with van der Waals surface area (Å²) in [6.07, 6.45) is 11.9. The van der Waals surface area contributed by atoms with E-state index >= 15 is 0 Å². The second-order valence-electron chi connectivity index (χ2n) is 14.2. The Kier molecular flexibility index (Phi) is 10.2. The van der Waals surface area contributed by atoms with E-state index in [2.05, 4.69) is 35.3 Å². The first-order valence-corrected chi connectivity index (χ1v) is 17.3. The maximum Gasteiger partial charge on any atom is 0.307 e. The first kappa shape index (κ1) is 33.8. The van der Waals surface area contributed by atoms with E-state index < -0.39 is 5.82 Å². The Morgan fingerprint density at radius 2 is 1.81 bits per heavy atom. The predicted octanol–water partition coefficient (Wildman–Crippen LogP) is 5.33. The number of oxazole rings is 1. The van der Waals surface area contributed by atoms with Gasteiger partial charge in [-0.3, -0.25) is 9.59 Å². The minimum atomic E-state index is -0.512. The van der Waals surface area contributed by atoms with Crippen LogP contribution in [0.3, 0.4) is 0 Å². The smallest absolute Gasteiger partial charge is 0.307 e. The van der Waals surface area contributed by atoms with Gasteiger partial charge in [0.1, 0.15) is 24.2 Å². The van der Waals surface area contributed by atoms with Crippen molar-refractivity contribution in [3.8, 4) is 11.6 Å². The molecule has 0 radical (unpaired) electrons. The summed E-state index contributed by atoms with van der Waals surface area (Å²) in [6.45, 7) is 12.5. The van der Waals surface area contributed by atoms with Gasteiger partial charge in [0.2, 0.25) is 0 Å². The largest absolute Gasteiger partial charge is 0.441 e. The molecule has 2 aliphatic heterocycles. The molecule has 48 heavy (non-hydrogen) atoms. The summed E-state index contributed by atoms with van der Waals surface area (Å²) in [5, 5.41) is 11.3. The molecule has 2 amide bonds. The van der Waals surface area contributed by atoms with E-state index in [1.54, 1.807) is 4.90 Å². The Morgan fingerprint density at radius 1 is 1.06 bits per heavy atom. The molecule has 2 aromatic heterocycles. The molecule has 1 aromatic carbocycles. The fourth-order valence-electron chi connectivity index (χ4n) is 7.81. The number of carbonyl (C=O) groups is 2. The summed E-state index contributed by atoms with van der Waals surface area (Å²) in [5.41, 5.74) is 0.504. The van der Waals surface area contributed by atoms with E-state index in [9.17, 15) is 14.0 Å². The van der Waals surface area contributed by atoms with E-state index in [1.165, 1.54) is 49.8 Å². The molecule has 6 rings (SSSR count). The normalized spacial score (nSPS) is 20.1. The summed E-state index contributed by atoms with van der Waals surface area (Å²) in [7, 11) is 0. The van der Waals surface area contributed by atoms with Crippen LogP contribution in [0.5, 0.6) is 11.6 Å². The third kappa shape index (κ3) is 7.61. The van der Waals surface area contributed by atoms with Crippen LogP contribution < -0.4 is 15.0 Å². The zero-order valence-electron chi connectivity index (χ0n) is 28.4. The van der Waals surface area contributed by atoms with Gasteiger partial charge in [0.15, 0.2) is 5.82 Å². The van der Waals surface area contributed by atoms with Crippen LogP contribution in [0.25, 0.3) is 0 Å². The first-order chi connectivity index (χ1) is 23.1. The molecule has 4 heterocycles. The fourth-order valence-corrected chi connectivity index (χ4v) is 7.81. The highest BCUT2D eigenvalue weighted by atomic mass is 19.1. The van der Waals surface area contributed by atoms with Crippen LogP contribution in [-0.2, 0) is 0 Å². The molecule has 1 spiro atoms. The van der Waals surface area contributed by atoms with Crippen molar-refractivity contribution in [2.24, 2.45) is 11.3 Å². The summed E-state index contributed by atoms with van der Waals surface area (Å²) >= 11 is 0. The minimum absolute atomic E-state index is 0.0742. The number of halogens is 1. The van der Waals surface area contributed by atoms with Crippen LogP contribution in [0.1, 0.15) is 93.7 Å². The molecule has 258 valence electrons. The highest BCUT2D eigenvalue weighted by molar-refractivity contribution is 5.97. The maximum atomic E-state index is 14.4. The number of piperidine rings is 1. The summed E-state index contributed by atoms with van der Waals surface area (Å²) in [6, 6.07) is 3.99. The van der Waals surface area contributed by atoms with Gasteiger partial charge in [-0.1, -0.05) is 0 Å². The Hall–Kier alpha value is -4.13. The number of anilines is 1. The molecular formula is C35H47FN8O4. The number of hydrogen-bond acceptors (Lipinski definition) is 10. The van der Waals surface area contributed by atoms with Crippen LogP contribution >= 0.6 is 0 Å². The van der Waals surface area contributed by atoms with E-state index in [1.807, 2.05) is 27.7 Å². The third-order valence-corrected chi connectivity index (χ3v) is 10.3. The second-order valence-corrected chi connectivity index (χ2v) is 14.2. The van der Waals surface area contributed by atoms with E-state index in [0.29, 0.717) is 17.2 Å². The Labute approximate surface area is 281 Å². The molecule has 12 nitrogen and oxygen atoms in total. The number of carbonyl (C=O) groups excluding carboxylic acids is 2. The van der Waals surface area contributed by atoms with Crippen LogP contribution in [0, 0.1) is 17.2 Å². The zero-order valence-corrected chi connectivity index (χ0v) is 28.4. The molecule has 13 heteroatoms. The fraction of sp³-hybridized carbons (Fsp3) is 0.600. The Balaban J connectivity index is 1.03. The van der Waals surface area contributed by atoms with Crippen molar-refractivity contribution >= 4 is 17.6 Å². The topological polar surface area (TPSA) is 130 Å². The number of hydrogen-bond donors (Lipinski definition) is 1. The average Bonchev–Trinajstić information content (AvgIpc) is 3.78. The van der Waals surface area contributed by atoms with Gasteiger partial charge in [-0.15, -0.1) is 10.2 Å². The van der Waals surface area contributed by atoms with Gasteiger partial charge >= 0.3 is 5.91 Å². The zero-order chi connectivity index (χ0) is 33.8. The van der Waals surface area contributed by atoms with Crippen molar-refractivity contribution in [2.75, 3.05) is 37.6 Å². The third-order valence-electron chi connectivity index (χ3n) is 10.3. The van der Waals surface area contributed by atoms with Gasteiger partial charge in [-0.2, -0.15) is 0 Å². The lowest BCUT2D eigenvalue weighted by Crippen LogP contribution is -2.46. The van der Waals surface area contributed by atoms with Crippen LogP contribution in [0.2, 0.25) is 0 Å². The molecule has 3 fully saturated rings. The number of likely N-dealkylation sites (tertiary alicyclic amines) is 1. The number of benzene rings is 1. The SMILES string of the molecule is CC(C)N(C(=O)c1cc(F)ccc1Oc1nncnc1N1CC[C@@H](CN2CCC3(CCC(NC(=O)c4ncco4)CC3)CC2)C1)C(C)C. The molecule has 0 bridgehead atoms. The molecule has 1 saturated carbocycles. The monoisotopic (exact) mass is 662 g/mol. The van der Waals surface area contributed by atoms with Gasteiger partial charge in [0.05, 0.1) is 11.8 Å². The first-order valence-electron chi connectivity index (χ1n) is 17.3. The van der Waals surface area contributed by atoms with Crippen LogP contribution in [-0.4, -0.2) is 92.6 Å². The lowest BCUT2D eigenvalue weighted by Gasteiger charge is -2.46. The van der Waals surface area contributed by atoms with Gasteiger partial charge in [0, 0.05) is 37.8 Å². The lowest BCUT2D eigenvalue weighted by molar-refractivity contribution is 0.0506. The van der Waals surface area contributed by atoms with Gasteiger partial charge in [-0.25, -0.2) is 14.4 Å². The van der Waals surface area contributed by atoms with Crippen molar-refractivity contribution in [3.63, 3.8) is 0 Å². The highest BCUT2D eigenvalue weighted by Gasteiger charge is 2.39. The van der Waals surface area contributed by atoms with Crippen LogP contribution in [0.4, 0.5) is 10.2 Å². The molecule has 0 unspecified atom stereocenters. The molecule has 1 N–H and O–H groups in total. The quantitative estimate of drug-likeness (QED) is 0.304. The number of amides is 2. The number of aromatic nitrogens is 4. The number of nitrogens with one attached hydrogen (secondary N) is 1. The maximum absolute atomic E-state index is 14.4. The predicted molar refractivity (Wildman–Crippen MR) is 177 cm³/mol. The van der Waals surface area contributed by atoms with Crippen molar-refractivity contribution in [1.82, 2.24) is 35.3 Å². The number of rotatable bonds is 10. The number of ether oxygens (including phenoxy) is 1. The summed E-state index contributed by atoms with van der Waals surface area (Å²) < 4.78 is 25.7. The molecular weight excluding hydrogens is 615 g/mol. The van der Waals surface area contributed by atoms with Crippen molar-refractivity contribution < 1.29 is 23.1 Å². The van der Waals surface area contributed by atoms with Crippen molar-refractivity contribution in [2.45, 2.75) is 90.8 Å². The molecule has 1 aliphatic carbocycles. The summed E-state index contributed by atoms with van der Waals surface area (Å²) in [5.74, 6) is 0.546. The van der Waals surface area contributed by atoms with Gasteiger partial charge < -0.3 is 29.2 Å². The minimum Gasteiger partial charge on any atom is -0.441 e. The second kappa shape index (κ2) is 14.6. The molecule has 3 aliphatic rings. The summed E-state index contributed by atoms with van der Waals surface area (Å²) in [4.78, 5) is 40.9. The van der Waals surface area contributed by atoms with E-state index in [0.717, 1.165) is 64.8 Å². The van der Waals surface area contributed by atoms with Gasteiger partial charge in [-0.05, 0) is 115 Å². The standard InChI is InChI=1S/C35H47FN8O4/c1-23(2)44(24(3)4)34(46)28-19-26(36)5-6-29(28)48-32-30(38-22-39-41-32)43-15-9-25(21-43)20-42-16-12-35(13-17-42)10-7-27(8-11-35)40-31(45)33-37-14-18-47-33/h5-6,14,18-19,22-25,27H,7-13,15-17,20-21H2,1-4H3,(H,40,45)/t25-/m0/s1. The molecule has 3 aromatic rings. The average molecular weight is 663 g/mol. The molecule has 1 atom stereocenters. The Morgan fingerprint density at radius 3 is 2.50 bits per heavy atom. The molecule has 2 saturated heterocycles. The number of nitrogens with zero attached hydrogens (tertiary/aromatic N) is 7. The lowest BCUT2D eigenvalue weighted by atomic mass is 9.67. The van der Waals surface area contributed by atoms with Crippen molar-refractivity contribution in [3.05, 3.63) is 54.3 Å².